The molecular formula is C17H23N3O4. The maximum atomic E-state index is 12.4. The zero-order valence-corrected chi connectivity index (χ0v) is 14.2. The van der Waals surface area contributed by atoms with Crippen LogP contribution in [0.15, 0.2) is 10.6 Å². The number of aromatic nitrogens is 1. The zero-order valence-electron chi connectivity index (χ0n) is 14.2. The summed E-state index contributed by atoms with van der Waals surface area (Å²) in [5.41, 5.74) is 0.683. The molecule has 2 fully saturated rings. The summed E-state index contributed by atoms with van der Waals surface area (Å²) in [5, 5.41) is 3.86. The number of aryl methyl sites for hydroxylation is 1. The minimum absolute atomic E-state index is 0.0905. The Hall–Kier alpha value is -2.18. The van der Waals surface area contributed by atoms with E-state index in [1.54, 1.807) is 20.0 Å². The first-order valence-corrected chi connectivity index (χ1v) is 8.48. The molecule has 1 aromatic rings. The van der Waals surface area contributed by atoms with Crippen LogP contribution in [0.5, 0.6) is 0 Å². The Morgan fingerprint density at radius 2 is 1.92 bits per heavy atom. The predicted molar refractivity (Wildman–Crippen MR) is 84.5 cm³/mol. The summed E-state index contributed by atoms with van der Waals surface area (Å²) in [5.74, 6) is 0.0850. The lowest BCUT2D eigenvalue weighted by Gasteiger charge is -2.19. The predicted octanol–water partition coefficient (Wildman–Crippen LogP) is 1.51. The molecule has 1 saturated carbocycles. The van der Waals surface area contributed by atoms with Gasteiger partial charge in [-0.3, -0.25) is 19.3 Å². The molecule has 1 aliphatic heterocycles. The molecule has 0 aromatic carbocycles. The smallest absolute Gasteiger partial charge is 0.233 e. The van der Waals surface area contributed by atoms with Gasteiger partial charge in [-0.05, 0) is 19.8 Å². The molecule has 0 bridgehead atoms. The van der Waals surface area contributed by atoms with Gasteiger partial charge in [0.05, 0.1) is 18.4 Å². The van der Waals surface area contributed by atoms with E-state index in [1.807, 2.05) is 0 Å². The second-order valence-electron chi connectivity index (χ2n) is 6.75. The van der Waals surface area contributed by atoms with Crippen LogP contribution in [0.25, 0.3) is 0 Å². The van der Waals surface area contributed by atoms with Crippen LogP contribution in [0.4, 0.5) is 0 Å². The Morgan fingerprint density at radius 3 is 2.46 bits per heavy atom. The number of amides is 3. The van der Waals surface area contributed by atoms with Crippen LogP contribution < -0.4 is 0 Å². The van der Waals surface area contributed by atoms with Crippen molar-refractivity contribution in [1.82, 2.24) is 15.0 Å². The number of likely N-dealkylation sites (tertiary alicyclic amines) is 1. The minimum Gasteiger partial charge on any atom is -0.361 e. The molecular weight excluding hydrogens is 310 g/mol. The standard InChI is InChI=1S/C17H23N3O4/c1-11-9-12(18-24-11)10-19(2)15(21)7-8-20-16(22)13-5-3-4-6-14(13)17(20)23/h9,13-14H,3-8,10H2,1-2H3/t13-,14-/m0/s1. The van der Waals surface area contributed by atoms with Crippen molar-refractivity contribution in [3.63, 3.8) is 0 Å². The van der Waals surface area contributed by atoms with Gasteiger partial charge in [0.25, 0.3) is 0 Å². The minimum atomic E-state index is -0.155. The van der Waals surface area contributed by atoms with E-state index < -0.39 is 0 Å². The number of hydrogen-bond acceptors (Lipinski definition) is 5. The SMILES string of the molecule is Cc1cc(CN(C)C(=O)CCN2C(=O)[C@H]3CCCC[C@@H]3C2=O)no1. The van der Waals surface area contributed by atoms with Crippen molar-refractivity contribution in [2.45, 2.75) is 45.6 Å². The van der Waals surface area contributed by atoms with E-state index in [2.05, 4.69) is 5.16 Å². The summed E-state index contributed by atoms with van der Waals surface area (Å²) < 4.78 is 4.98. The van der Waals surface area contributed by atoms with E-state index in [4.69, 9.17) is 4.52 Å². The molecule has 0 spiro atoms. The molecule has 2 heterocycles. The second kappa shape index (κ2) is 6.75. The third kappa shape index (κ3) is 3.20. The molecule has 0 unspecified atom stereocenters. The number of carbonyl (C=O) groups excluding carboxylic acids is 3. The fraction of sp³-hybridized carbons (Fsp3) is 0.647. The van der Waals surface area contributed by atoms with Crippen LogP contribution in [-0.4, -0.2) is 46.3 Å². The van der Waals surface area contributed by atoms with Crippen molar-refractivity contribution < 1.29 is 18.9 Å². The number of carbonyl (C=O) groups is 3. The van der Waals surface area contributed by atoms with Crippen LogP contribution >= 0.6 is 0 Å². The van der Waals surface area contributed by atoms with Crippen molar-refractivity contribution >= 4 is 17.7 Å². The quantitative estimate of drug-likeness (QED) is 0.763. The highest BCUT2D eigenvalue weighted by Gasteiger charge is 2.47. The van der Waals surface area contributed by atoms with Gasteiger partial charge >= 0.3 is 0 Å². The van der Waals surface area contributed by atoms with E-state index >= 15 is 0 Å². The molecule has 1 saturated heterocycles. The van der Waals surface area contributed by atoms with Crippen molar-refractivity contribution in [2.24, 2.45) is 11.8 Å². The molecule has 24 heavy (non-hydrogen) atoms. The van der Waals surface area contributed by atoms with Gasteiger partial charge in [0.2, 0.25) is 17.7 Å². The molecule has 1 aliphatic carbocycles. The van der Waals surface area contributed by atoms with Gasteiger partial charge < -0.3 is 9.42 Å². The number of nitrogens with zero attached hydrogens (tertiary/aromatic N) is 3. The molecule has 0 N–H and O–H groups in total. The number of hydrogen-bond donors (Lipinski definition) is 0. The van der Waals surface area contributed by atoms with Gasteiger partial charge in [-0.1, -0.05) is 18.0 Å². The molecule has 3 rings (SSSR count). The molecule has 7 nitrogen and oxygen atoms in total. The van der Waals surface area contributed by atoms with Crippen molar-refractivity contribution in [1.29, 1.82) is 0 Å². The first kappa shape index (κ1) is 16.7. The van der Waals surface area contributed by atoms with Gasteiger partial charge in [0, 0.05) is 26.1 Å². The van der Waals surface area contributed by atoms with Crippen molar-refractivity contribution in [3.05, 3.63) is 17.5 Å². The summed E-state index contributed by atoms with van der Waals surface area (Å²) in [4.78, 5) is 39.9. The monoisotopic (exact) mass is 333 g/mol. The van der Waals surface area contributed by atoms with Crippen LogP contribution in [0.2, 0.25) is 0 Å². The summed E-state index contributed by atoms with van der Waals surface area (Å²) in [6, 6.07) is 1.78. The molecule has 2 aliphatic rings. The largest absolute Gasteiger partial charge is 0.361 e. The maximum Gasteiger partial charge on any atom is 0.233 e. The van der Waals surface area contributed by atoms with Gasteiger partial charge in [0.1, 0.15) is 11.5 Å². The lowest BCUT2D eigenvalue weighted by atomic mass is 9.81. The Balaban J connectivity index is 1.54. The van der Waals surface area contributed by atoms with Gasteiger partial charge in [-0.2, -0.15) is 0 Å². The highest BCUT2D eigenvalue weighted by molar-refractivity contribution is 6.05. The lowest BCUT2D eigenvalue weighted by molar-refractivity contribution is -0.140. The van der Waals surface area contributed by atoms with E-state index in [-0.39, 0.29) is 42.5 Å². The van der Waals surface area contributed by atoms with Crippen LogP contribution in [0, 0.1) is 18.8 Å². The molecule has 130 valence electrons. The maximum absolute atomic E-state index is 12.4. The van der Waals surface area contributed by atoms with Crippen LogP contribution in [-0.2, 0) is 20.9 Å². The van der Waals surface area contributed by atoms with Crippen LogP contribution in [0.3, 0.4) is 0 Å². The first-order valence-electron chi connectivity index (χ1n) is 8.48. The highest BCUT2D eigenvalue weighted by atomic mass is 16.5. The van der Waals surface area contributed by atoms with Gasteiger partial charge in [0.15, 0.2) is 0 Å². The van der Waals surface area contributed by atoms with E-state index in [0.717, 1.165) is 25.7 Å². The summed E-state index contributed by atoms with van der Waals surface area (Å²) in [6.07, 6.45) is 3.75. The van der Waals surface area contributed by atoms with Crippen molar-refractivity contribution in [3.8, 4) is 0 Å². The Labute approximate surface area is 140 Å². The van der Waals surface area contributed by atoms with E-state index in [1.165, 1.54) is 9.80 Å². The Bertz CT molecular complexity index is 630. The van der Waals surface area contributed by atoms with Crippen LogP contribution in [0.1, 0.15) is 43.6 Å². The summed E-state index contributed by atoms with van der Waals surface area (Å²) in [7, 11) is 1.68. The Morgan fingerprint density at radius 1 is 1.29 bits per heavy atom. The van der Waals surface area contributed by atoms with E-state index in [9.17, 15) is 14.4 Å². The number of fused-ring (bicyclic) bond motifs is 1. The number of rotatable bonds is 5. The average Bonchev–Trinajstić information content (AvgIpc) is 3.08. The fourth-order valence-corrected chi connectivity index (χ4v) is 3.67. The van der Waals surface area contributed by atoms with E-state index in [0.29, 0.717) is 18.0 Å². The highest BCUT2D eigenvalue weighted by Crippen LogP contribution is 2.37. The molecule has 0 radical (unpaired) electrons. The first-order chi connectivity index (χ1) is 11.5. The lowest BCUT2D eigenvalue weighted by Crippen LogP contribution is -2.36. The fourth-order valence-electron chi connectivity index (χ4n) is 3.67. The van der Waals surface area contributed by atoms with Gasteiger partial charge in [-0.15, -0.1) is 0 Å². The average molecular weight is 333 g/mol. The third-order valence-corrected chi connectivity index (χ3v) is 4.98. The number of imide groups is 1. The Kier molecular flexibility index (Phi) is 4.69. The normalized spacial score (nSPS) is 23.5. The molecule has 1 aromatic heterocycles. The van der Waals surface area contributed by atoms with Gasteiger partial charge in [-0.25, -0.2) is 0 Å². The zero-order chi connectivity index (χ0) is 17.3. The van der Waals surface area contributed by atoms with Crippen molar-refractivity contribution in [2.75, 3.05) is 13.6 Å². The molecule has 3 amide bonds. The summed E-state index contributed by atoms with van der Waals surface area (Å²) in [6.45, 7) is 2.32. The molecule has 2 atom stereocenters. The topological polar surface area (TPSA) is 83.7 Å². The second-order valence-corrected chi connectivity index (χ2v) is 6.75. The molecule has 7 heteroatoms. The summed E-state index contributed by atoms with van der Waals surface area (Å²) >= 11 is 0. The third-order valence-electron chi connectivity index (χ3n) is 4.98.